The van der Waals surface area contributed by atoms with Crippen LogP contribution in [0.3, 0.4) is 0 Å². The summed E-state index contributed by atoms with van der Waals surface area (Å²) in [5.41, 5.74) is 3.89. The third-order valence-corrected chi connectivity index (χ3v) is 5.84. The van der Waals surface area contributed by atoms with Crippen molar-refractivity contribution in [2.24, 2.45) is 0 Å². The number of ether oxygens (including phenoxy) is 3. The minimum Gasteiger partial charge on any atom is -0.494 e. The summed E-state index contributed by atoms with van der Waals surface area (Å²) in [4.78, 5) is 18.1. The van der Waals surface area contributed by atoms with Crippen molar-refractivity contribution in [2.45, 2.75) is 12.3 Å². The lowest BCUT2D eigenvalue weighted by Crippen LogP contribution is -2.22. The standard InChI is InChI=1S/C25H26FN3O4/c1-29(18-5-7-21(26)24(13-18)31-2)17-4-6-19-16(9-11-33-23(19)12-17)14-28-22-15-27-10-8-20(22)25(30)32-3/h4-8,10,12-13,15-16,28H,9,11,14H2,1-3H3/t16-/m0/s1. The number of methoxy groups -OCH3 is 2. The average molecular weight is 451 g/mol. The van der Waals surface area contributed by atoms with Crippen LogP contribution in [0.4, 0.5) is 21.5 Å². The quantitative estimate of drug-likeness (QED) is 0.519. The first-order valence-electron chi connectivity index (χ1n) is 10.6. The lowest BCUT2D eigenvalue weighted by Gasteiger charge is -2.29. The molecule has 1 N–H and O–H groups in total. The number of nitrogens with zero attached hydrogens (tertiary/aromatic N) is 2. The number of carbonyl (C=O) groups is 1. The second-order valence-corrected chi connectivity index (χ2v) is 7.73. The normalized spacial score (nSPS) is 14.6. The van der Waals surface area contributed by atoms with Gasteiger partial charge in [0.15, 0.2) is 11.6 Å². The maximum absolute atomic E-state index is 13.8. The number of halogens is 1. The van der Waals surface area contributed by atoms with Crippen LogP contribution in [0.1, 0.15) is 28.3 Å². The van der Waals surface area contributed by atoms with Crippen LogP contribution in [0.5, 0.6) is 11.5 Å². The molecular weight excluding hydrogens is 425 g/mol. The first kappa shape index (κ1) is 22.4. The topological polar surface area (TPSA) is 72.9 Å². The Hall–Kier alpha value is -3.81. The number of esters is 1. The van der Waals surface area contributed by atoms with Crippen molar-refractivity contribution in [1.29, 1.82) is 0 Å². The zero-order valence-electron chi connectivity index (χ0n) is 18.8. The van der Waals surface area contributed by atoms with Crippen molar-refractivity contribution < 1.29 is 23.4 Å². The predicted molar refractivity (Wildman–Crippen MR) is 124 cm³/mol. The highest BCUT2D eigenvalue weighted by Gasteiger charge is 2.23. The van der Waals surface area contributed by atoms with E-state index in [9.17, 15) is 9.18 Å². The van der Waals surface area contributed by atoms with Gasteiger partial charge in [0, 0.05) is 49.2 Å². The van der Waals surface area contributed by atoms with Gasteiger partial charge in [-0.1, -0.05) is 6.07 Å². The second-order valence-electron chi connectivity index (χ2n) is 7.73. The monoisotopic (exact) mass is 451 g/mol. The summed E-state index contributed by atoms with van der Waals surface area (Å²) >= 11 is 0. The van der Waals surface area contributed by atoms with Gasteiger partial charge in [-0.3, -0.25) is 4.98 Å². The van der Waals surface area contributed by atoms with Crippen molar-refractivity contribution in [1.82, 2.24) is 4.98 Å². The number of fused-ring (bicyclic) bond motifs is 1. The third kappa shape index (κ3) is 4.69. The molecule has 1 atom stereocenters. The highest BCUT2D eigenvalue weighted by molar-refractivity contribution is 5.95. The van der Waals surface area contributed by atoms with Gasteiger partial charge in [0.05, 0.1) is 38.3 Å². The Morgan fingerprint density at radius 3 is 2.79 bits per heavy atom. The summed E-state index contributed by atoms with van der Waals surface area (Å²) in [7, 11) is 4.72. The van der Waals surface area contributed by atoms with E-state index in [2.05, 4.69) is 16.4 Å². The van der Waals surface area contributed by atoms with Crippen molar-refractivity contribution in [2.75, 3.05) is 44.6 Å². The highest BCUT2D eigenvalue weighted by Crippen LogP contribution is 2.38. The minimum absolute atomic E-state index is 0.196. The molecule has 0 aliphatic carbocycles. The van der Waals surface area contributed by atoms with Gasteiger partial charge in [0.2, 0.25) is 0 Å². The molecule has 0 spiro atoms. The fourth-order valence-electron chi connectivity index (χ4n) is 3.94. The van der Waals surface area contributed by atoms with Crippen LogP contribution in [0.2, 0.25) is 0 Å². The van der Waals surface area contributed by atoms with Crippen molar-refractivity contribution >= 4 is 23.0 Å². The Balaban J connectivity index is 1.53. The lowest BCUT2D eigenvalue weighted by atomic mass is 9.92. The van der Waals surface area contributed by atoms with Crippen LogP contribution >= 0.6 is 0 Å². The van der Waals surface area contributed by atoms with Gasteiger partial charge in [-0.25, -0.2) is 9.18 Å². The number of carbonyl (C=O) groups excluding carboxylic acids is 1. The van der Waals surface area contributed by atoms with Gasteiger partial charge in [-0.05, 0) is 36.2 Å². The molecule has 0 saturated carbocycles. The number of pyridine rings is 1. The second kappa shape index (κ2) is 9.77. The number of hydrogen-bond acceptors (Lipinski definition) is 7. The predicted octanol–water partition coefficient (Wildman–Crippen LogP) is 4.76. The Morgan fingerprint density at radius 1 is 1.21 bits per heavy atom. The van der Waals surface area contributed by atoms with Gasteiger partial charge in [0.25, 0.3) is 0 Å². The van der Waals surface area contributed by atoms with Gasteiger partial charge >= 0.3 is 5.97 Å². The molecule has 0 unspecified atom stereocenters. The van der Waals surface area contributed by atoms with Crippen LogP contribution in [0.15, 0.2) is 54.9 Å². The zero-order chi connectivity index (χ0) is 23.4. The van der Waals surface area contributed by atoms with E-state index in [-0.39, 0.29) is 11.7 Å². The van der Waals surface area contributed by atoms with Crippen LogP contribution < -0.4 is 19.7 Å². The molecule has 2 aromatic carbocycles. The summed E-state index contributed by atoms with van der Waals surface area (Å²) in [5, 5.41) is 3.34. The summed E-state index contributed by atoms with van der Waals surface area (Å²) in [5.74, 6) is 0.400. The zero-order valence-corrected chi connectivity index (χ0v) is 18.8. The highest BCUT2D eigenvalue weighted by atomic mass is 19.1. The lowest BCUT2D eigenvalue weighted by molar-refractivity contribution is 0.0601. The SMILES string of the molecule is COC(=O)c1ccncc1NC[C@@H]1CCOc2cc(N(C)c3ccc(F)c(OC)c3)ccc21. The Morgan fingerprint density at radius 2 is 2.00 bits per heavy atom. The van der Waals surface area contributed by atoms with Crippen molar-refractivity contribution in [3.05, 3.63) is 71.8 Å². The summed E-state index contributed by atoms with van der Waals surface area (Å²) < 4.78 is 29.7. The van der Waals surface area contributed by atoms with Crippen LogP contribution in [-0.2, 0) is 4.74 Å². The van der Waals surface area contributed by atoms with Gasteiger partial charge in [-0.2, -0.15) is 0 Å². The molecule has 33 heavy (non-hydrogen) atoms. The smallest absolute Gasteiger partial charge is 0.340 e. The number of anilines is 3. The molecule has 0 fully saturated rings. The molecule has 8 heteroatoms. The van der Waals surface area contributed by atoms with Gasteiger partial charge in [-0.15, -0.1) is 0 Å². The van der Waals surface area contributed by atoms with E-state index < -0.39 is 11.8 Å². The first-order chi connectivity index (χ1) is 16.0. The molecule has 0 saturated heterocycles. The van der Waals surface area contributed by atoms with E-state index in [4.69, 9.17) is 14.2 Å². The number of aromatic nitrogens is 1. The van der Waals surface area contributed by atoms with E-state index in [1.165, 1.54) is 20.3 Å². The Bertz CT molecular complexity index is 1150. The minimum atomic E-state index is -0.405. The molecule has 172 valence electrons. The molecule has 1 aromatic heterocycles. The molecule has 1 aliphatic rings. The third-order valence-electron chi connectivity index (χ3n) is 5.84. The van der Waals surface area contributed by atoms with Crippen molar-refractivity contribution in [3.63, 3.8) is 0 Å². The molecular formula is C25H26FN3O4. The Labute approximate surface area is 192 Å². The largest absolute Gasteiger partial charge is 0.494 e. The van der Waals surface area contributed by atoms with Gasteiger partial charge < -0.3 is 24.4 Å². The number of hydrogen-bond donors (Lipinski definition) is 1. The molecule has 7 nitrogen and oxygen atoms in total. The fourth-order valence-corrected chi connectivity index (χ4v) is 3.94. The molecule has 2 heterocycles. The van der Waals surface area contributed by atoms with E-state index >= 15 is 0 Å². The van der Waals surface area contributed by atoms with Gasteiger partial charge in [0.1, 0.15) is 5.75 Å². The van der Waals surface area contributed by atoms with Crippen LogP contribution in [-0.4, -0.2) is 45.4 Å². The molecule has 0 radical (unpaired) electrons. The number of rotatable bonds is 7. The van der Waals surface area contributed by atoms with Crippen molar-refractivity contribution in [3.8, 4) is 11.5 Å². The summed E-state index contributed by atoms with van der Waals surface area (Å²) in [6.07, 6.45) is 4.04. The molecule has 0 bridgehead atoms. The fraction of sp³-hybridized carbons (Fsp3) is 0.280. The van der Waals surface area contributed by atoms with E-state index in [1.54, 1.807) is 30.6 Å². The average Bonchev–Trinajstić information content (AvgIpc) is 2.86. The summed E-state index contributed by atoms with van der Waals surface area (Å²) in [6.45, 7) is 1.21. The van der Waals surface area contributed by atoms with E-state index in [0.29, 0.717) is 24.4 Å². The number of nitrogens with one attached hydrogen (secondary N) is 1. The van der Waals surface area contributed by atoms with Crippen LogP contribution in [0, 0.1) is 5.82 Å². The maximum Gasteiger partial charge on any atom is 0.340 e. The van der Waals surface area contributed by atoms with E-state index in [0.717, 1.165) is 29.1 Å². The first-order valence-corrected chi connectivity index (χ1v) is 10.6. The molecule has 1 aliphatic heterocycles. The number of benzene rings is 2. The molecule has 0 amide bonds. The summed E-state index contributed by atoms with van der Waals surface area (Å²) in [6, 6.07) is 12.5. The van der Waals surface area contributed by atoms with Crippen LogP contribution in [0.25, 0.3) is 0 Å². The molecule has 4 rings (SSSR count). The van der Waals surface area contributed by atoms with E-state index in [1.807, 2.05) is 24.1 Å². The Kier molecular flexibility index (Phi) is 6.63. The molecule has 3 aromatic rings. The maximum atomic E-state index is 13.8.